The number of aryl methyl sites for hydroxylation is 1. The molecule has 2 aromatic rings. The number of quaternary nitrogens is 1. The Labute approximate surface area is 182 Å². The van der Waals surface area contributed by atoms with E-state index in [1.165, 1.54) is 36.4 Å². The number of rotatable bonds is 6. The SMILES string of the molecule is Cc1cc(/C=C/C(=O)N2CC[NH+](CC(=O)Nc3ccc(F)cc3)CC2)c(C)n1C1CC1. The third-order valence-corrected chi connectivity index (χ3v) is 6.16. The Morgan fingerprint density at radius 3 is 2.48 bits per heavy atom. The molecule has 0 spiro atoms. The fourth-order valence-electron chi connectivity index (χ4n) is 4.32. The minimum atomic E-state index is -0.329. The van der Waals surface area contributed by atoms with Crippen molar-refractivity contribution in [2.75, 3.05) is 38.0 Å². The quantitative estimate of drug-likeness (QED) is 0.696. The minimum Gasteiger partial charge on any atom is -0.346 e. The highest BCUT2D eigenvalue weighted by molar-refractivity contribution is 5.92. The van der Waals surface area contributed by atoms with Gasteiger partial charge >= 0.3 is 0 Å². The van der Waals surface area contributed by atoms with Gasteiger partial charge in [-0.2, -0.15) is 0 Å². The minimum absolute atomic E-state index is 0.0195. The van der Waals surface area contributed by atoms with Gasteiger partial charge in [0.1, 0.15) is 5.82 Å². The summed E-state index contributed by atoms with van der Waals surface area (Å²) >= 11 is 0. The van der Waals surface area contributed by atoms with Crippen molar-refractivity contribution in [1.29, 1.82) is 0 Å². The summed E-state index contributed by atoms with van der Waals surface area (Å²) in [6.45, 7) is 7.29. The first kappa shape index (κ1) is 21.3. The van der Waals surface area contributed by atoms with E-state index in [1.54, 1.807) is 18.2 Å². The predicted molar refractivity (Wildman–Crippen MR) is 118 cm³/mol. The molecule has 1 aliphatic heterocycles. The summed E-state index contributed by atoms with van der Waals surface area (Å²) in [7, 11) is 0. The van der Waals surface area contributed by atoms with Crippen molar-refractivity contribution in [3.63, 3.8) is 0 Å². The summed E-state index contributed by atoms with van der Waals surface area (Å²) in [5.41, 5.74) is 4.18. The lowest BCUT2D eigenvalue weighted by Crippen LogP contribution is -3.15. The molecular formula is C24H30FN4O2+. The fourth-order valence-corrected chi connectivity index (χ4v) is 4.32. The number of anilines is 1. The number of hydrogen-bond donors (Lipinski definition) is 2. The van der Waals surface area contributed by atoms with Crippen LogP contribution in [0.25, 0.3) is 6.08 Å². The Bertz CT molecular complexity index is 984. The van der Waals surface area contributed by atoms with Crippen molar-refractivity contribution >= 4 is 23.6 Å². The summed E-state index contributed by atoms with van der Waals surface area (Å²) in [6.07, 6.45) is 6.09. The van der Waals surface area contributed by atoms with Crippen LogP contribution in [0.5, 0.6) is 0 Å². The Balaban J connectivity index is 1.25. The zero-order chi connectivity index (χ0) is 22.0. The number of carbonyl (C=O) groups excluding carboxylic acids is 2. The lowest BCUT2D eigenvalue weighted by molar-refractivity contribution is -0.895. The number of carbonyl (C=O) groups is 2. The number of amides is 2. The van der Waals surface area contributed by atoms with Crippen LogP contribution in [-0.2, 0) is 9.59 Å². The first-order valence-corrected chi connectivity index (χ1v) is 10.9. The van der Waals surface area contributed by atoms with E-state index in [4.69, 9.17) is 0 Å². The number of hydrogen-bond acceptors (Lipinski definition) is 2. The summed E-state index contributed by atoms with van der Waals surface area (Å²) in [5.74, 6) is -0.414. The van der Waals surface area contributed by atoms with Gasteiger partial charge in [0.25, 0.3) is 5.91 Å². The van der Waals surface area contributed by atoms with E-state index in [1.807, 2.05) is 11.0 Å². The number of nitrogens with zero attached hydrogens (tertiary/aromatic N) is 2. The van der Waals surface area contributed by atoms with Gasteiger partial charge in [-0.15, -0.1) is 0 Å². The molecule has 2 heterocycles. The summed E-state index contributed by atoms with van der Waals surface area (Å²) < 4.78 is 15.3. The average molecular weight is 426 g/mol. The normalized spacial score (nSPS) is 17.3. The first-order valence-electron chi connectivity index (χ1n) is 10.9. The van der Waals surface area contributed by atoms with Crippen LogP contribution in [0.4, 0.5) is 10.1 Å². The van der Waals surface area contributed by atoms with Crippen molar-refractivity contribution in [2.24, 2.45) is 0 Å². The summed E-state index contributed by atoms with van der Waals surface area (Å²) in [6, 6.07) is 8.53. The van der Waals surface area contributed by atoms with E-state index in [-0.39, 0.29) is 17.6 Å². The van der Waals surface area contributed by atoms with Gasteiger partial charge < -0.3 is 19.7 Å². The standard InChI is InChI=1S/C24H29FN4O2/c1-17-15-19(18(2)29(17)22-8-9-22)3-10-24(31)28-13-11-27(12-14-28)16-23(30)26-21-6-4-20(25)5-7-21/h3-7,10,15,22H,8-9,11-14,16H2,1-2H3,(H,26,30)/p+1/b10-3+. The highest BCUT2D eigenvalue weighted by Gasteiger charge is 2.27. The maximum Gasteiger partial charge on any atom is 0.279 e. The van der Waals surface area contributed by atoms with Crippen LogP contribution in [0.2, 0.25) is 0 Å². The molecule has 0 atom stereocenters. The molecule has 0 bridgehead atoms. The van der Waals surface area contributed by atoms with Crippen LogP contribution < -0.4 is 10.2 Å². The van der Waals surface area contributed by atoms with Crippen LogP contribution in [-0.4, -0.2) is 54.0 Å². The Morgan fingerprint density at radius 2 is 1.84 bits per heavy atom. The fraction of sp³-hybridized carbons (Fsp3) is 0.417. The maximum atomic E-state index is 13.0. The molecule has 7 heteroatoms. The average Bonchev–Trinajstić information content (AvgIpc) is 3.53. The van der Waals surface area contributed by atoms with Crippen molar-refractivity contribution in [3.05, 3.63) is 59.2 Å². The molecule has 1 saturated carbocycles. The van der Waals surface area contributed by atoms with Crippen LogP contribution in [0, 0.1) is 19.7 Å². The van der Waals surface area contributed by atoms with Gasteiger partial charge in [0.15, 0.2) is 6.54 Å². The molecule has 1 aromatic carbocycles. The van der Waals surface area contributed by atoms with Crippen LogP contribution >= 0.6 is 0 Å². The Hall–Kier alpha value is -2.93. The molecule has 0 unspecified atom stereocenters. The van der Waals surface area contributed by atoms with Crippen LogP contribution in [0.15, 0.2) is 36.4 Å². The number of aromatic nitrogens is 1. The second kappa shape index (κ2) is 9.06. The first-order chi connectivity index (χ1) is 14.9. The Kier molecular flexibility index (Phi) is 6.23. The number of benzene rings is 1. The molecule has 6 nitrogen and oxygen atoms in total. The lowest BCUT2D eigenvalue weighted by Gasteiger charge is -2.31. The molecule has 164 valence electrons. The lowest BCUT2D eigenvalue weighted by atomic mass is 10.2. The molecule has 2 fully saturated rings. The zero-order valence-electron chi connectivity index (χ0n) is 18.2. The van der Waals surface area contributed by atoms with Crippen molar-refractivity contribution < 1.29 is 18.9 Å². The molecular weight excluding hydrogens is 395 g/mol. The second-order valence-electron chi connectivity index (χ2n) is 8.57. The third-order valence-electron chi connectivity index (χ3n) is 6.16. The van der Waals surface area contributed by atoms with E-state index < -0.39 is 0 Å². The highest BCUT2D eigenvalue weighted by Crippen LogP contribution is 2.38. The monoisotopic (exact) mass is 425 g/mol. The van der Waals surface area contributed by atoms with Gasteiger partial charge in [0.05, 0.1) is 26.2 Å². The van der Waals surface area contributed by atoms with Gasteiger partial charge in [-0.3, -0.25) is 9.59 Å². The smallest absolute Gasteiger partial charge is 0.279 e. The molecule has 2 N–H and O–H groups in total. The van der Waals surface area contributed by atoms with Crippen molar-refractivity contribution in [3.8, 4) is 0 Å². The summed E-state index contributed by atoms with van der Waals surface area (Å²) in [5, 5.41) is 2.79. The van der Waals surface area contributed by atoms with Gasteiger partial charge in [-0.25, -0.2) is 4.39 Å². The van der Waals surface area contributed by atoms with Gasteiger partial charge in [-0.05, 0) is 68.7 Å². The zero-order valence-corrected chi connectivity index (χ0v) is 18.2. The van der Waals surface area contributed by atoms with Crippen LogP contribution in [0.1, 0.15) is 35.8 Å². The van der Waals surface area contributed by atoms with Gasteiger partial charge in [-0.1, -0.05) is 0 Å². The van der Waals surface area contributed by atoms with Crippen molar-refractivity contribution in [1.82, 2.24) is 9.47 Å². The third kappa shape index (κ3) is 5.22. The molecule has 2 aliphatic rings. The molecule has 1 saturated heterocycles. The van der Waals surface area contributed by atoms with Gasteiger partial charge in [0.2, 0.25) is 5.91 Å². The number of nitrogens with one attached hydrogen (secondary N) is 2. The van der Waals surface area contributed by atoms with Crippen molar-refractivity contribution in [2.45, 2.75) is 32.7 Å². The van der Waals surface area contributed by atoms with Crippen LogP contribution in [0.3, 0.4) is 0 Å². The number of halogens is 1. The van der Waals surface area contributed by atoms with E-state index >= 15 is 0 Å². The van der Waals surface area contributed by atoms with E-state index in [0.29, 0.717) is 31.4 Å². The van der Waals surface area contributed by atoms with E-state index in [9.17, 15) is 14.0 Å². The van der Waals surface area contributed by atoms with E-state index in [0.717, 1.165) is 23.6 Å². The van der Waals surface area contributed by atoms with Gasteiger partial charge in [0, 0.05) is 29.2 Å². The molecule has 1 aromatic heterocycles. The van der Waals surface area contributed by atoms with E-state index in [2.05, 4.69) is 29.8 Å². The Morgan fingerprint density at radius 1 is 1.16 bits per heavy atom. The molecule has 0 radical (unpaired) electrons. The highest BCUT2D eigenvalue weighted by atomic mass is 19.1. The molecule has 31 heavy (non-hydrogen) atoms. The molecule has 4 rings (SSSR count). The predicted octanol–water partition coefficient (Wildman–Crippen LogP) is 1.96. The summed E-state index contributed by atoms with van der Waals surface area (Å²) in [4.78, 5) is 27.9. The second-order valence-corrected chi connectivity index (χ2v) is 8.57. The maximum absolute atomic E-state index is 13.0. The molecule has 1 aliphatic carbocycles. The topological polar surface area (TPSA) is 58.8 Å². The molecule has 2 amide bonds. The largest absolute Gasteiger partial charge is 0.346 e. The number of piperazine rings is 1.